The summed E-state index contributed by atoms with van der Waals surface area (Å²) >= 11 is 0. The minimum absolute atomic E-state index is 0.0440. The summed E-state index contributed by atoms with van der Waals surface area (Å²) in [5.41, 5.74) is 2.68. The molecule has 2 aromatic rings. The molecule has 0 heterocycles. The molecule has 6 heteroatoms. The molecule has 0 bridgehead atoms. The zero-order valence-electron chi connectivity index (χ0n) is 18.6. The fourth-order valence-corrected chi connectivity index (χ4v) is 3.95. The monoisotopic (exact) mass is 430 g/mol. The van der Waals surface area contributed by atoms with Gasteiger partial charge in [0.25, 0.3) is 0 Å². The molecule has 0 saturated heterocycles. The van der Waals surface area contributed by atoms with Crippen LogP contribution in [0.25, 0.3) is 0 Å². The van der Waals surface area contributed by atoms with Crippen molar-refractivity contribution in [3.05, 3.63) is 70.8 Å². The number of aliphatic hydroxyl groups is 1. The van der Waals surface area contributed by atoms with E-state index in [1.807, 2.05) is 0 Å². The van der Waals surface area contributed by atoms with Gasteiger partial charge in [0.2, 0.25) is 5.91 Å². The molecule has 1 saturated carbocycles. The van der Waals surface area contributed by atoms with Crippen LogP contribution in [-0.2, 0) is 22.2 Å². The van der Waals surface area contributed by atoms with Gasteiger partial charge in [-0.15, -0.1) is 0 Å². The smallest absolute Gasteiger partial charge is 0.217 e. The normalized spacial score (nSPS) is 17.1. The van der Waals surface area contributed by atoms with Gasteiger partial charge in [-0.3, -0.25) is 4.79 Å². The summed E-state index contributed by atoms with van der Waals surface area (Å²) < 4.78 is 27.1. The molecule has 4 nitrogen and oxygen atoms in total. The number of carbonyl (C=O) groups excluding carboxylic acids is 1. The second kappa shape index (κ2) is 9.05. The molecule has 3 N–H and O–H groups in total. The SMILES string of the molecule is CC(=O)N[C@@H](Cc1cc(F)cc(F)c1)[C@H](O)CNC1(c2cccc(C(C)(C)C)c2)CC1. The Morgan fingerprint density at radius 1 is 1.13 bits per heavy atom. The van der Waals surface area contributed by atoms with Crippen LogP contribution in [0.1, 0.15) is 57.2 Å². The van der Waals surface area contributed by atoms with Crippen LogP contribution in [0.3, 0.4) is 0 Å². The van der Waals surface area contributed by atoms with E-state index >= 15 is 0 Å². The van der Waals surface area contributed by atoms with E-state index in [0.29, 0.717) is 5.56 Å². The second-order valence-electron chi connectivity index (χ2n) is 9.65. The van der Waals surface area contributed by atoms with Gasteiger partial charge in [-0.25, -0.2) is 8.78 Å². The van der Waals surface area contributed by atoms with Crippen molar-refractivity contribution in [2.24, 2.45) is 0 Å². The summed E-state index contributed by atoms with van der Waals surface area (Å²) in [7, 11) is 0. The van der Waals surface area contributed by atoms with E-state index < -0.39 is 23.8 Å². The molecule has 2 atom stereocenters. The molecule has 0 aromatic heterocycles. The summed E-state index contributed by atoms with van der Waals surface area (Å²) in [5, 5.41) is 17.0. The maximum Gasteiger partial charge on any atom is 0.217 e. The van der Waals surface area contributed by atoms with Crippen LogP contribution < -0.4 is 10.6 Å². The Labute approximate surface area is 183 Å². The molecule has 1 fully saturated rings. The highest BCUT2D eigenvalue weighted by atomic mass is 19.1. The van der Waals surface area contributed by atoms with Gasteiger partial charge in [0.05, 0.1) is 12.1 Å². The van der Waals surface area contributed by atoms with Gasteiger partial charge in [-0.1, -0.05) is 45.0 Å². The predicted molar refractivity (Wildman–Crippen MR) is 118 cm³/mol. The molecule has 0 radical (unpaired) electrons. The van der Waals surface area contributed by atoms with Crippen molar-refractivity contribution < 1.29 is 18.7 Å². The van der Waals surface area contributed by atoms with Crippen LogP contribution in [0.2, 0.25) is 0 Å². The molecular weight excluding hydrogens is 398 g/mol. The van der Waals surface area contributed by atoms with E-state index in [-0.39, 0.29) is 29.8 Å². The summed E-state index contributed by atoms with van der Waals surface area (Å²) in [6, 6.07) is 11.1. The first-order chi connectivity index (χ1) is 14.5. The third kappa shape index (κ3) is 6.11. The van der Waals surface area contributed by atoms with Gasteiger partial charge < -0.3 is 15.7 Å². The van der Waals surface area contributed by atoms with E-state index in [1.165, 1.54) is 30.2 Å². The van der Waals surface area contributed by atoms with Crippen LogP contribution in [-0.4, -0.2) is 29.7 Å². The average Bonchev–Trinajstić information content (AvgIpc) is 3.45. The van der Waals surface area contributed by atoms with Crippen molar-refractivity contribution in [2.75, 3.05) is 6.54 Å². The molecule has 1 aliphatic carbocycles. The van der Waals surface area contributed by atoms with E-state index in [1.54, 1.807) is 0 Å². The first-order valence-corrected chi connectivity index (χ1v) is 10.7. The predicted octanol–water partition coefficient (Wildman–Crippen LogP) is 3.95. The number of benzene rings is 2. The molecule has 0 spiro atoms. The van der Waals surface area contributed by atoms with Gasteiger partial charge >= 0.3 is 0 Å². The summed E-state index contributed by atoms with van der Waals surface area (Å²) in [4.78, 5) is 11.7. The third-order valence-electron chi connectivity index (χ3n) is 5.91. The molecule has 3 rings (SSSR count). The molecule has 0 unspecified atom stereocenters. The lowest BCUT2D eigenvalue weighted by Crippen LogP contribution is -2.49. The Hall–Kier alpha value is -2.31. The van der Waals surface area contributed by atoms with Crippen molar-refractivity contribution in [1.82, 2.24) is 10.6 Å². The summed E-state index contributed by atoms with van der Waals surface area (Å²) in [6.45, 7) is 8.14. The Balaban J connectivity index is 1.70. The largest absolute Gasteiger partial charge is 0.390 e. The third-order valence-corrected chi connectivity index (χ3v) is 5.91. The Bertz CT molecular complexity index is 915. The van der Waals surface area contributed by atoms with Gasteiger partial charge in [-0.2, -0.15) is 0 Å². The van der Waals surface area contributed by atoms with Crippen LogP contribution in [0.15, 0.2) is 42.5 Å². The van der Waals surface area contributed by atoms with Crippen LogP contribution in [0, 0.1) is 11.6 Å². The molecule has 0 aliphatic heterocycles. The highest BCUT2D eigenvalue weighted by Crippen LogP contribution is 2.46. The topological polar surface area (TPSA) is 61.4 Å². The number of halogens is 2. The summed E-state index contributed by atoms with van der Waals surface area (Å²) in [6.07, 6.45) is 1.14. The Kier molecular flexibility index (Phi) is 6.82. The standard InChI is InChI=1S/C25H32F2N2O2/c1-16(30)29-22(12-17-10-20(26)14-21(27)11-17)23(31)15-28-25(8-9-25)19-7-5-6-18(13-19)24(2,3)4/h5-7,10-11,13-14,22-23,28,31H,8-9,12,15H2,1-4H3,(H,29,30)/t22-,23+/m0/s1. The molecule has 2 aromatic carbocycles. The molecule has 1 aliphatic rings. The maximum atomic E-state index is 13.6. The van der Waals surface area contributed by atoms with E-state index in [9.17, 15) is 18.7 Å². The first-order valence-electron chi connectivity index (χ1n) is 10.7. The van der Waals surface area contributed by atoms with Crippen molar-refractivity contribution in [3.63, 3.8) is 0 Å². The quantitative estimate of drug-likeness (QED) is 0.594. The highest BCUT2D eigenvalue weighted by molar-refractivity contribution is 5.73. The van der Waals surface area contributed by atoms with Crippen molar-refractivity contribution in [3.8, 4) is 0 Å². The minimum atomic E-state index is -0.918. The molecule has 1 amide bonds. The Morgan fingerprint density at radius 3 is 2.32 bits per heavy atom. The zero-order chi connectivity index (χ0) is 22.8. The maximum absolute atomic E-state index is 13.6. The number of hydrogen-bond donors (Lipinski definition) is 3. The molecular formula is C25H32F2N2O2. The van der Waals surface area contributed by atoms with Gasteiger partial charge in [0.15, 0.2) is 0 Å². The van der Waals surface area contributed by atoms with E-state index in [4.69, 9.17) is 0 Å². The van der Waals surface area contributed by atoms with Gasteiger partial charge in [-0.05, 0) is 53.5 Å². The van der Waals surface area contributed by atoms with Crippen LogP contribution >= 0.6 is 0 Å². The lowest BCUT2D eigenvalue weighted by Gasteiger charge is -2.28. The van der Waals surface area contributed by atoms with E-state index in [2.05, 4.69) is 55.7 Å². The van der Waals surface area contributed by atoms with Crippen molar-refractivity contribution in [1.29, 1.82) is 0 Å². The van der Waals surface area contributed by atoms with Gasteiger partial charge in [0, 0.05) is 25.1 Å². The lowest BCUT2D eigenvalue weighted by molar-refractivity contribution is -0.120. The second-order valence-corrected chi connectivity index (χ2v) is 9.65. The first kappa shape index (κ1) is 23.4. The molecule has 31 heavy (non-hydrogen) atoms. The van der Waals surface area contributed by atoms with Crippen molar-refractivity contribution in [2.45, 2.75) is 70.1 Å². The Morgan fingerprint density at radius 2 is 1.77 bits per heavy atom. The number of hydrogen-bond acceptors (Lipinski definition) is 3. The van der Waals surface area contributed by atoms with Crippen molar-refractivity contribution >= 4 is 5.91 Å². The number of amides is 1. The van der Waals surface area contributed by atoms with Crippen LogP contribution in [0.5, 0.6) is 0 Å². The lowest BCUT2D eigenvalue weighted by atomic mass is 9.85. The van der Waals surface area contributed by atoms with E-state index in [0.717, 1.165) is 18.9 Å². The summed E-state index contributed by atoms with van der Waals surface area (Å²) in [5.74, 6) is -1.67. The average molecular weight is 431 g/mol. The fraction of sp³-hybridized carbons (Fsp3) is 0.480. The zero-order valence-corrected chi connectivity index (χ0v) is 18.6. The fourth-order valence-electron chi connectivity index (χ4n) is 3.95. The highest BCUT2D eigenvalue weighted by Gasteiger charge is 2.44. The molecule has 168 valence electrons. The van der Waals surface area contributed by atoms with Gasteiger partial charge in [0.1, 0.15) is 11.6 Å². The number of aliphatic hydroxyl groups excluding tert-OH is 1. The number of carbonyl (C=O) groups is 1. The number of rotatable bonds is 8. The number of nitrogens with one attached hydrogen (secondary N) is 2. The van der Waals surface area contributed by atoms with Crippen LogP contribution in [0.4, 0.5) is 8.78 Å². The minimum Gasteiger partial charge on any atom is -0.390 e.